The van der Waals surface area contributed by atoms with E-state index >= 15 is 0 Å². The normalized spacial score (nSPS) is 14.6. The SMILES string of the molecule is COc1cc(-c2ccnn2C)ccc1Nc1cc(NC2CCCCC2)c2cc[nH]c2n1. The summed E-state index contributed by atoms with van der Waals surface area (Å²) in [4.78, 5) is 8.02. The van der Waals surface area contributed by atoms with Crippen LogP contribution in [0.25, 0.3) is 22.3 Å². The van der Waals surface area contributed by atoms with Gasteiger partial charge in [-0.05, 0) is 37.1 Å². The first-order valence-corrected chi connectivity index (χ1v) is 10.9. The number of H-pyrrole nitrogens is 1. The standard InChI is InChI=1S/C24H28N6O/c1-30-21(11-13-26-30)16-8-9-19(22(14-16)31-2)28-23-15-20(18-10-12-25-24(18)29-23)27-17-6-4-3-5-7-17/h8-15,17H,3-7H2,1-2H3,(H3,25,27,28,29). The second-order valence-electron chi connectivity index (χ2n) is 8.15. The second kappa shape index (κ2) is 8.34. The highest BCUT2D eigenvalue weighted by Gasteiger charge is 2.16. The molecule has 0 aliphatic heterocycles. The molecule has 1 aliphatic carbocycles. The monoisotopic (exact) mass is 416 g/mol. The quantitative estimate of drug-likeness (QED) is 0.389. The van der Waals surface area contributed by atoms with E-state index in [2.05, 4.69) is 38.9 Å². The fourth-order valence-corrected chi connectivity index (χ4v) is 4.44. The van der Waals surface area contributed by atoms with Gasteiger partial charge in [-0.1, -0.05) is 25.3 Å². The number of hydrogen-bond donors (Lipinski definition) is 3. The summed E-state index contributed by atoms with van der Waals surface area (Å²) in [7, 11) is 3.62. The number of anilines is 3. The molecule has 7 nitrogen and oxygen atoms in total. The molecule has 0 unspecified atom stereocenters. The van der Waals surface area contributed by atoms with Crippen molar-refractivity contribution in [2.24, 2.45) is 7.05 Å². The van der Waals surface area contributed by atoms with Gasteiger partial charge in [0.05, 0.1) is 18.5 Å². The largest absolute Gasteiger partial charge is 0.495 e. The van der Waals surface area contributed by atoms with E-state index in [9.17, 15) is 0 Å². The first-order valence-electron chi connectivity index (χ1n) is 10.9. The summed E-state index contributed by atoms with van der Waals surface area (Å²) in [5.41, 5.74) is 4.94. The van der Waals surface area contributed by atoms with Crippen LogP contribution in [0.2, 0.25) is 0 Å². The number of ether oxygens (including phenoxy) is 1. The van der Waals surface area contributed by atoms with Crippen LogP contribution >= 0.6 is 0 Å². The Labute approximate surface area is 181 Å². The summed E-state index contributed by atoms with van der Waals surface area (Å²) >= 11 is 0. The zero-order valence-corrected chi connectivity index (χ0v) is 18.0. The summed E-state index contributed by atoms with van der Waals surface area (Å²) in [6, 6.07) is 12.8. The molecule has 4 aromatic rings. The average Bonchev–Trinajstić information content (AvgIpc) is 3.44. The van der Waals surface area contributed by atoms with Crippen LogP contribution in [-0.2, 0) is 7.05 Å². The van der Waals surface area contributed by atoms with E-state index in [4.69, 9.17) is 9.72 Å². The zero-order chi connectivity index (χ0) is 21.2. The van der Waals surface area contributed by atoms with Gasteiger partial charge in [-0.3, -0.25) is 4.68 Å². The van der Waals surface area contributed by atoms with E-state index in [0.717, 1.165) is 45.2 Å². The van der Waals surface area contributed by atoms with Crippen LogP contribution in [0.15, 0.2) is 48.8 Å². The number of benzene rings is 1. The van der Waals surface area contributed by atoms with Crippen molar-refractivity contribution < 1.29 is 4.74 Å². The Morgan fingerprint density at radius 1 is 1.06 bits per heavy atom. The molecule has 1 saturated carbocycles. The predicted octanol–water partition coefficient (Wildman–Crippen LogP) is 5.46. The maximum Gasteiger partial charge on any atom is 0.143 e. The van der Waals surface area contributed by atoms with Crippen molar-refractivity contribution in [1.29, 1.82) is 0 Å². The summed E-state index contributed by atoms with van der Waals surface area (Å²) in [6.07, 6.45) is 10.1. The van der Waals surface area contributed by atoms with Gasteiger partial charge < -0.3 is 20.4 Å². The summed E-state index contributed by atoms with van der Waals surface area (Å²) in [5.74, 6) is 1.54. The van der Waals surface area contributed by atoms with E-state index in [1.54, 1.807) is 13.3 Å². The van der Waals surface area contributed by atoms with Crippen molar-refractivity contribution in [3.8, 4) is 17.0 Å². The van der Waals surface area contributed by atoms with Crippen LogP contribution in [0.1, 0.15) is 32.1 Å². The molecule has 0 spiro atoms. The van der Waals surface area contributed by atoms with Crippen molar-refractivity contribution in [2.75, 3.05) is 17.7 Å². The van der Waals surface area contributed by atoms with Gasteiger partial charge in [0.25, 0.3) is 0 Å². The molecule has 3 heterocycles. The van der Waals surface area contributed by atoms with Gasteiger partial charge in [-0.15, -0.1) is 0 Å². The Bertz CT molecular complexity index is 1190. The molecule has 0 saturated heterocycles. The highest BCUT2D eigenvalue weighted by atomic mass is 16.5. The molecule has 0 radical (unpaired) electrons. The highest BCUT2D eigenvalue weighted by molar-refractivity contribution is 5.92. The maximum absolute atomic E-state index is 5.68. The molecule has 31 heavy (non-hydrogen) atoms. The third kappa shape index (κ3) is 3.95. The lowest BCUT2D eigenvalue weighted by molar-refractivity contribution is 0.417. The van der Waals surface area contributed by atoms with E-state index < -0.39 is 0 Å². The third-order valence-corrected chi connectivity index (χ3v) is 6.07. The van der Waals surface area contributed by atoms with E-state index in [-0.39, 0.29) is 0 Å². The van der Waals surface area contributed by atoms with Crippen molar-refractivity contribution >= 4 is 28.2 Å². The minimum atomic E-state index is 0.523. The lowest BCUT2D eigenvalue weighted by atomic mass is 9.95. The summed E-state index contributed by atoms with van der Waals surface area (Å²) in [6.45, 7) is 0. The number of aryl methyl sites for hydroxylation is 1. The molecule has 0 bridgehead atoms. The van der Waals surface area contributed by atoms with Gasteiger partial charge in [-0.2, -0.15) is 5.10 Å². The number of nitrogens with one attached hydrogen (secondary N) is 3. The lowest BCUT2D eigenvalue weighted by Crippen LogP contribution is -2.22. The number of nitrogens with zero attached hydrogens (tertiary/aromatic N) is 3. The number of fused-ring (bicyclic) bond motifs is 1. The topological polar surface area (TPSA) is 79.8 Å². The Kier molecular flexibility index (Phi) is 5.24. The van der Waals surface area contributed by atoms with E-state index in [1.807, 2.05) is 36.1 Å². The summed E-state index contributed by atoms with van der Waals surface area (Å²) < 4.78 is 7.53. The fourth-order valence-electron chi connectivity index (χ4n) is 4.44. The Balaban J connectivity index is 1.45. The van der Waals surface area contributed by atoms with Gasteiger partial charge in [0.15, 0.2) is 0 Å². The number of aromatic nitrogens is 4. The minimum absolute atomic E-state index is 0.523. The fraction of sp³-hybridized carbons (Fsp3) is 0.333. The van der Waals surface area contributed by atoms with Gasteiger partial charge in [0.1, 0.15) is 17.2 Å². The van der Waals surface area contributed by atoms with Crippen LogP contribution < -0.4 is 15.4 Å². The van der Waals surface area contributed by atoms with Crippen molar-refractivity contribution in [3.63, 3.8) is 0 Å². The number of hydrogen-bond acceptors (Lipinski definition) is 5. The van der Waals surface area contributed by atoms with Crippen LogP contribution in [0.3, 0.4) is 0 Å². The number of pyridine rings is 1. The van der Waals surface area contributed by atoms with Gasteiger partial charge in [0.2, 0.25) is 0 Å². The highest BCUT2D eigenvalue weighted by Crippen LogP contribution is 2.34. The molecular weight excluding hydrogens is 388 g/mol. The molecule has 0 atom stereocenters. The van der Waals surface area contributed by atoms with Crippen LogP contribution in [0, 0.1) is 0 Å². The van der Waals surface area contributed by atoms with Crippen LogP contribution in [0.4, 0.5) is 17.2 Å². The maximum atomic E-state index is 5.68. The zero-order valence-electron chi connectivity index (χ0n) is 18.0. The smallest absolute Gasteiger partial charge is 0.143 e. The Morgan fingerprint density at radius 2 is 1.94 bits per heavy atom. The minimum Gasteiger partial charge on any atom is -0.495 e. The van der Waals surface area contributed by atoms with Crippen molar-refractivity contribution in [1.82, 2.24) is 19.7 Å². The van der Waals surface area contributed by atoms with E-state index in [1.165, 1.54) is 32.1 Å². The Morgan fingerprint density at radius 3 is 2.71 bits per heavy atom. The van der Waals surface area contributed by atoms with E-state index in [0.29, 0.717) is 6.04 Å². The molecule has 5 rings (SSSR count). The molecule has 3 N–H and O–H groups in total. The first-order chi connectivity index (χ1) is 15.2. The number of rotatable bonds is 6. The van der Waals surface area contributed by atoms with Gasteiger partial charge in [0, 0.05) is 48.2 Å². The van der Waals surface area contributed by atoms with Crippen molar-refractivity contribution in [2.45, 2.75) is 38.1 Å². The molecule has 160 valence electrons. The predicted molar refractivity (Wildman–Crippen MR) is 125 cm³/mol. The molecule has 1 fully saturated rings. The molecule has 1 aliphatic rings. The van der Waals surface area contributed by atoms with Gasteiger partial charge in [-0.25, -0.2) is 4.98 Å². The first kappa shape index (κ1) is 19.5. The van der Waals surface area contributed by atoms with Crippen LogP contribution in [-0.4, -0.2) is 32.9 Å². The average molecular weight is 417 g/mol. The van der Waals surface area contributed by atoms with Gasteiger partial charge >= 0.3 is 0 Å². The molecule has 7 heteroatoms. The molecular formula is C24H28N6O. The molecule has 0 amide bonds. The third-order valence-electron chi connectivity index (χ3n) is 6.07. The second-order valence-corrected chi connectivity index (χ2v) is 8.15. The van der Waals surface area contributed by atoms with Crippen molar-refractivity contribution in [3.05, 3.63) is 48.8 Å². The number of aromatic amines is 1. The summed E-state index contributed by atoms with van der Waals surface area (Å²) in [5, 5.41) is 12.6. The molecule has 3 aromatic heterocycles. The Hall–Kier alpha value is -3.48. The lowest BCUT2D eigenvalue weighted by Gasteiger charge is -2.24. The number of methoxy groups -OCH3 is 1. The van der Waals surface area contributed by atoms with Crippen LogP contribution in [0.5, 0.6) is 5.75 Å². The molecule has 1 aromatic carbocycles.